The molecular formula is C47H58ClF2N7O8S. The number of hydrogen-bond acceptors (Lipinski definition) is 14. The number of nitrogens with one attached hydrogen (secondary N) is 1. The first-order chi connectivity index (χ1) is 31.0. The van der Waals surface area contributed by atoms with E-state index in [1.807, 2.05) is 46.4 Å². The molecule has 3 fully saturated rings. The van der Waals surface area contributed by atoms with Crippen LogP contribution in [-0.4, -0.2) is 119 Å². The Kier molecular flexibility index (Phi) is 14.2. The molecule has 0 spiro atoms. The van der Waals surface area contributed by atoms with Crippen LogP contribution in [-0.2, 0) is 23.7 Å². The predicted octanol–water partition coefficient (Wildman–Crippen LogP) is 9.84. The quantitative estimate of drug-likeness (QED) is 0.0765. The van der Waals surface area contributed by atoms with Gasteiger partial charge in [-0.3, -0.25) is 19.9 Å². The van der Waals surface area contributed by atoms with Crippen molar-refractivity contribution >= 4 is 72.9 Å². The Bertz CT molecular complexity index is 2540. The number of benzene rings is 2. The van der Waals surface area contributed by atoms with Gasteiger partial charge in [-0.05, 0) is 106 Å². The molecular weight excluding hydrogens is 896 g/mol. The molecule has 0 radical (unpaired) electrons. The minimum absolute atomic E-state index is 0.00817. The fourth-order valence-electron chi connectivity index (χ4n) is 8.54. The number of esters is 1. The van der Waals surface area contributed by atoms with Gasteiger partial charge >= 0.3 is 24.2 Å². The van der Waals surface area contributed by atoms with Gasteiger partial charge in [0.05, 0.1) is 40.4 Å². The molecule has 7 rings (SSSR count). The van der Waals surface area contributed by atoms with Gasteiger partial charge in [-0.2, -0.15) is 15.2 Å². The van der Waals surface area contributed by atoms with Crippen LogP contribution in [0.1, 0.15) is 100.0 Å². The zero-order valence-corrected chi connectivity index (χ0v) is 40.5. The highest BCUT2D eigenvalue weighted by molar-refractivity contribution is 7.23. The highest BCUT2D eigenvalue weighted by Crippen LogP contribution is 2.47. The summed E-state index contributed by atoms with van der Waals surface area (Å²) in [5, 5.41) is 13.3. The molecule has 3 atom stereocenters. The Morgan fingerprint density at radius 1 is 0.939 bits per heavy atom. The van der Waals surface area contributed by atoms with Crippen LogP contribution in [0, 0.1) is 23.0 Å². The SMILES string of the molecule is CC(C)(C)OC(=O)CCOCCCN1CC[C@H]1COc1nc(N2CC3CCC(C2)N3C(=O)OC(C)(C)C)c2cc(Cl)c(-c3ccc(F)c4sc(NC(=O)OC(C)(C)C)c(C#N)c34)c(F)c2n1. The number of nitrogens with zero attached hydrogens (tertiary/aromatic N) is 6. The van der Waals surface area contributed by atoms with Crippen LogP contribution in [0.3, 0.4) is 0 Å². The Morgan fingerprint density at radius 2 is 1.62 bits per heavy atom. The van der Waals surface area contributed by atoms with Crippen molar-refractivity contribution in [3.05, 3.63) is 40.4 Å². The Morgan fingerprint density at radius 3 is 2.24 bits per heavy atom. The van der Waals surface area contributed by atoms with E-state index in [1.165, 1.54) is 6.07 Å². The molecule has 2 aromatic heterocycles. The number of nitriles is 1. The number of hydrogen-bond donors (Lipinski definition) is 1. The number of thiophene rings is 1. The van der Waals surface area contributed by atoms with E-state index in [1.54, 1.807) is 31.7 Å². The molecule has 2 amide bonds. The largest absolute Gasteiger partial charge is 0.462 e. The van der Waals surface area contributed by atoms with E-state index < -0.39 is 34.5 Å². The third kappa shape index (κ3) is 11.2. The topological polar surface area (TPSA) is 169 Å². The molecule has 2 unspecified atom stereocenters. The average Bonchev–Trinajstić information content (AvgIpc) is 3.69. The third-order valence-corrected chi connectivity index (χ3v) is 12.7. The summed E-state index contributed by atoms with van der Waals surface area (Å²) in [6.07, 6.45) is 2.03. The van der Waals surface area contributed by atoms with Gasteiger partial charge < -0.3 is 28.6 Å². The van der Waals surface area contributed by atoms with Crippen molar-refractivity contribution in [2.75, 3.05) is 56.2 Å². The van der Waals surface area contributed by atoms with Gasteiger partial charge in [-0.15, -0.1) is 11.3 Å². The molecule has 5 heterocycles. The van der Waals surface area contributed by atoms with E-state index in [4.69, 9.17) is 40.3 Å². The number of anilines is 2. The van der Waals surface area contributed by atoms with Crippen LogP contribution in [0.2, 0.25) is 5.02 Å². The van der Waals surface area contributed by atoms with E-state index in [-0.39, 0.29) is 98.2 Å². The monoisotopic (exact) mass is 953 g/mol. The first-order valence-electron chi connectivity index (χ1n) is 22.3. The first kappa shape index (κ1) is 48.8. The molecule has 4 aromatic rings. The number of rotatable bonds is 13. The van der Waals surface area contributed by atoms with Gasteiger partial charge in [0.25, 0.3) is 0 Å². The normalized spacial score (nSPS) is 18.9. The van der Waals surface area contributed by atoms with Crippen molar-refractivity contribution in [1.29, 1.82) is 5.26 Å². The van der Waals surface area contributed by atoms with E-state index >= 15 is 8.78 Å². The average molecular weight is 955 g/mol. The van der Waals surface area contributed by atoms with Gasteiger partial charge in [0.15, 0.2) is 5.82 Å². The minimum Gasteiger partial charge on any atom is -0.462 e. The molecule has 3 saturated heterocycles. The molecule has 15 nitrogen and oxygen atoms in total. The number of fused-ring (bicyclic) bond motifs is 4. The van der Waals surface area contributed by atoms with Crippen LogP contribution in [0.4, 0.5) is 29.2 Å². The van der Waals surface area contributed by atoms with Gasteiger partial charge in [0.1, 0.15) is 51.6 Å². The van der Waals surface area contributed by atoms with Gasteiger partial charge in [0, 0.05) is 55.2 Å². The first-order valence-corrected chi connectivity index (χ1v) is 23.5. The van der Waals surface area contributed by atoms with Crippen LogP contribution in [0.15, 0.2) is 18.2 Å². The minimum atomic E-state index is -0.848. The van der Waals surface area contributed by atoms with Crippen molar-refractivity contribution in [3.8, 4) is 23.2 Å². The molecule has 3 aliphatic rings. The van der Waals surface area contributed by atoms with E-state index in [0.717, 1.165) is 56.2 Å². The molecule has 0 saturated carbocycles. The van der Waals surface area contributed by atoms with Crippen molar-refractivity contribution in [2.45, 2.75) is 129 Å². The summed E-state index contributed by atoms with van der Waals surface area (Å²) in [7, 11) is 0. The van der Waals surface area contributed by atoms with Crippen molar-refractivity contribution in [2.24, 2.45) is 0 Å². The highest BCUT2D eigenvalue weighted by atomic mass is 35.5. The Labute approximate surface area is 392 Å². The second-order valence-electron chi connectivity index (χ2n) is 19.9. The maximum atomic E-state index is 17.6. The second-order valence-corrected chi connectivity index (χ2v) is 21.3. The summed E-state index contributed by atoms with van der Waals surface area (Å²) in [6, 6.07) is 5.71. The lowest BCUT2D eigenvalue weighted by Crippen LogP contribution is -2.57. The number of amides is 2. The molecule has 66 heavy (non-hydrogen) atoms. The maximum Gasteiger partial charge on any atom is 0.412 e. The van der Waals surface area contributed by atoms with Gasteiger partial charge in [-0.1, -0.05) is 17.7 Å². The third-order valence-electron chi connectivity index (χ3n) is 11.3. The van der Waals surface area contributed by atoms with Crippen LogP contribution >= 0.6 is 22.9 Å². The van der Waals surface area contributed by atoms with Crippen molar-refractivity contribution in [3.63, 3.8) is 0 Å². The lowest BCUT2D eigenvalue weighted by Gasteiger charge is -2.42. The van der Waals surface area contributed by atoms with E-state index in [2.05, 4.69) is 21.3 Å². The lowest BCUT2D eigenvalue weighted by molar-refractivity contribution is -0.156. The summed E-state index contributed by atoms with van der Waals surface area (Å²) in [5.41, 5.74) is -2.28. The standard InChI is InChI=1S/C47H58ClF2N7O8S/c1-45(2,3)63-34(58)16-20-61-19-10-17-55-18-15-28(55)25-62-42-52-38-30(40(53-42)56-23-26-11-12-27(24-56)57(26)44(60)65-47(7,8)9)21-32(48)36(37(38)50)29-13-14-33(49)39-35(29)31(22-51)41(66-39)54-43(59)64-46(4,5)6/h13-14,21,26-28H,10-12,15-20,23-25H2,1-9H3,(H,54,59)/t26?,27?,28-/m0/s1. The fraction of sp³-hybridized carbons (Fsp3) is 0.574. The summed E-state index contributed by atoms with van der Waals surface area (Å²) in [4.78, 5) is 53.8. The van der Waals surface area contributed by atoms with Crippen LogP contribution in [0.5, 0.6) is 6.01 Å². The molecule has 0 aliphatic carbocycles. The Hall–Kier alpha value is -5.09. The number of carbonyl (C=O) groups excluding carboxylic acids is 3. The highest BCUT2D eigenvalue weighted by Gasteiger charge is 2.45. The van der Waals surface area contributed by atoms with Crippen molar-refractivity contribution in [1.82, 2.24) is 19.8 Å². The molecule has 3 aliphatic heterocycles. The van der Waals surface area contributed by atoms with E-state index in [0.29, 0.717) is 30.9 Å². The number of carbonyl (C=O) groups is 3. The summed E-state index contributed by atoms with van der Waals surface area (Å²) < 4.78 is 61.6. The smallest absolute Gasteiger partial charge is 0.412 e. The van der Waals surface area contributed by atoms with Crippen LogP contribution in [0.25, 0.3) is 32.1 Å². The lowest BCUT2D eigenvalue weighted by atomic mass is 9.97. The van der Waals surface area contributed by atoms with Gasteiger partial charge in [0.2, 0.25) is 0 Å². The molecule has 356 valence electrons. The molecule has 2 aromatic carbocycles. The fourth-order valence-corrected chi connectivity index (χ4v) is 9.90. The molecule has 1 N–H and O–H groups in total. The zero-order valence-electron chi connectivity index (χ0n) is 38.9. The Balaban J connectivity index is 1.19. The number of likely N-dealkylation sites (tertiary alicyclic amines) is 1. The number of piperazine rings is 1. The predicted molar refractivity (Wildman–Crippen MR) is 248 cm³/mol. The zero-order chi connectivity index (χ0) is 47.9. The van der Waals surface area contributed by atoms with Crippen molar-refractivity contribution < 1.29 is 46.8 Å². The van der Waals surface area contributed by atoms with Crippen LogP contribution < -0.4 is 15.0 Å². The number of halogens is 3. The maximum absolute atomic E-state index is 17.6. The second kappa shape index (κ2) is 19.3. The summed E-state index contributed by atoms with van der Waals surface area (Å²) in [6.45, 7) is 19.3. The molecule has 19 heteroatoms. The van der Waals surface area contributed by atoms with E-state index in [9.17, 15) is 19.6 Å². The summed E-state index contributed by atoms with van der Waals surface area (Å²) >= 11 is 7.85. The molecule has 2 bridgehead atoms. The number of aromatic nitrogens is 2. The summed E-state index contributed by atoms with van der Waals surface area (Å²) in [5.74, 6) is -1.45. The number of ether oxygens (including phenoxy) is 5. The van der Waals surface area contributed by atoms with Gasteiger partial charge in [-0.25, -0.2) is 18.4 Å².